The van der Waals surface area contributed by atoms with Crippen LogP contribution in [0.4, 0.5) is 0 Å². The topological polar surface area (TPSA) is 47.3 Å². The predicted molar refractivity (Wildman–Crippen MR) is 77.2 cm³/mol. The summed E-state index contributed by atoms with van der Waals surface area (Å²) in [5.74, 6) is 0.966. The largest absolute Gasteiger partial charge is 0.496 e. The van der Waals surface area contributed by atoms with Gasteiger partial charge in [0.25, 0.3) is 0 Å². The van der Waals surface area contributed by atoms with Crippen LogP contribution in [0, 0.1) is 20.8 Å². The molecule has 0 radical (unpaired) electrons. The second-order valence-electron chi connectivity index (χ2n) is 5.72. The summed E-state index contributed by atoms with van der Waals surface area (Å²) in [6.45, 7) is 12.1. The van der Waals surface area contributed by atoms with Crippen LogP contribution in [-0.4, -0.2) is 19.2 Å². The fourth-order valence-corrected chi connectivity index (χ4v) is 2.09. The van der Waals surface area contributed by atoms with Gasteiger partial charge in [0.15, 0.2) is 0 Å². The summed E-state index contributed by atoms with van der Waals surface area (Å²) in [4.78, 5) is 0. The number of hydrogen-bond acceptors (Lipinski definition) is 3. The highest BCUT2D eigenvalue weighted by atomic mass is 16.5. The highest BCUT2D eigenvalue weighted by molar-refractivity contribution is 5.48. The van der Waals surface area contributed by atoms with Crippen LogP contribution in [0.25, 0.3) is 0 Å². The molecule has 0 aromatic heterocycles. The Morgan fingerprint density at radius 1 is 1.22 bits per heavy atom. The molecule has 0 saturated heterocycles. The Morgan fingerprint density at radius 2 is 1.83 bits per heavy atom. The summed E-state index contributed by atoms with van der Waals surface area (Å²) >= 11 is 0. The van der Waals surface area contributed by atoms with E-state index in [1.54, 1.807) is 7.11 Å². The van der Waals surface area contributed by atoms with Crippen LogP contribution in [0.3, 0.4) is 0 Å². The first kappa shape index (κ1) is 15.0. The van der Waals surface area contributed by atoms with E-state index in [4.69, 9.17) is 10.5 Å². The molecule has 1 rings (SSSR count). The van der Waals surface area contributed by atoms with Gasteiger partial charge in [0, 0.05) is 18.6 Å². The molecule has 3 heteroatoms. The maximum absolute atomic E-state index is 5.97. The van der Waals surface area contributed by atoms with Crippen LogP contribution in [0.15, 0.2) is 6.07 Å². The Hall–Kier alpha value is -1.06. The first-order valence-corrected chi connectivity index (χ1v) is 6.39. The van der Waals surface area contributed by atoms with E-state index in [9.17, 15) is 0 Å². The normalized spacial score (nSPS) is 11.7. The van der Waals surface area contributed by atoms with E-state index in [-0.39, 0.29) is 5.54 Å². The van der Waals surface area contributed by atoms with Gasteiger partial charge in [0.2, 0.25) is 0 Å². The number of nitrogens with two attached hydrogens (primary N) is 1. The van der Waals surface area contributed by atoms with Gasteiger partial charge in [-0.15, -0.1) is 0 Å². The van der Waals surface area contributed by atoms with E-state index in [1.165, 1.54) is 22.3 Å². The molecule has 0 atom stereocenters. The summed E-state index contributed by atoms with van der Waals surface area (Å²) in [5, 5.41) is 3.42. The predicted octanol–water partition coefficient (Wildman–Crippen LogP) is 2.45. The van der Waals surface area contributed by atoms with Crippen molar-refractivity contribution >= 4 is 0 Å². The maximum atomic E-state index is 5.97. The molecule has 0 unspecified atom stereocenters. The zero-order chi connectivity index (χ0) is 13.9. The summed E-state index contributed by atoms with van der Waals surface area (Å²) in [7, 11) is 1.72. The summed E-state index contributed by atoms with van der Waals surface area (Å²) in [6, 6.07) is 2.10. The van der Waals surface area contributed by atoms with Gasteiger partial charge in [-0.2, -0.15) is 0 Å². The number of ether oxygens (including phenoxy) is 1. The molecule has 0 aliphatic heterocycles. The summed E-state index contributed by atoms with van der Waals surface area (Å²) in [6.07, 6.45) is 0. The van der Waals surface area contributed by atoms with Gasteiger partial charge in [-0.05, 0) is 62.9 Å². The summed E-state index contributed by atoms with van der Waals surface area (Å²) in [5.41, 5.74) is 10.9. The van der Waals surface area contributed by atoms with Crippen molar-refractivity contribution in [2.75, 3.05) is 13.7 Å². The van der Waals surface area contributed by atoms with Crippen LogP contribution in [0.5, 0.6) is 5.75 Å². The maximum Gasteiger partial charge on any atom is 0.122 e. The molecule has 3 N–H and O–H groups in total. The van der Waals surface area contributed by atoms with Gasteiger partial charge in [0.05, 0.1) is 7.11 Å². The van der Waals surface area contributed by atoms with Crippen molar-refractivity contribution in [2.45, 2.75) is 46.7 Å². The van der Waals surface area contributed by atoms with Gasteiger partial charge in [-0.1, -0.05) is 0 Å². The number of aryl methyl sites for hydroxylation is 1. The molecule has 0 heterocycles. The second-order valence-corrected chi connectivity index (χ2v) is 5.72. The zero-order valence-corrected chi connectivity index (χ0v) is 12.5. The molecule has 0 amide bonds. The molecule has 1 aromatic rings. The van der Waals surface area contributed by atoms with Crippen LogP contribution in [0.2, 0.25) is 0 Å². The van der Waals surface area contributed by atoms with Crippen LogP contribution in [0.1, 0.15) is 36.1 Å². The van der Waals surface area contributed by atoms with E-state index in [2.05, 4.69) is 32.2 Å². The Labute approximate surface area is 111 Å². The third-order valence-electron chi connectivity index (χ3n) is 3.31. The van der Waals surface area contributed by atoms with Crippen molar-refractivity contribution in [3.05, 3.63) is 28.3 Å². The Balaban J connectivity index is 2.87. The first-order valence-electron chi connectivity index (χ1n) is 6.39. The van der Waals surface area contributed by atoms with Crippen molar-refractivity contribution in [3.63, 3.8) is 0 Å². The molecule has 0 saturated carbocycles. The first-order chi connectivity index (χ1) is 8.26. The molecule has 0 spiro atoms. The van der Waals surface area contributed by atoms with Gasteiger partial charge in [0.1, 0.15) is 5.75 Å². The average molecular weight is 250 g/mol. The average Bonchev–Trinajstić information content (AvgIpc) is 2.26. The van der Waals surface area contributed by atoms with E-state index in [1.807, 2.05) is 13.8 Å². The summed E-state index contributed by atoms with van der Waals surface area (Å²) < 4.78 is 5.38. The van der Waals surface area contributed by atoms with Crippen molar-refractivity contribution in [1.29, 1.82) is 0 Å². The lowest BCUT2D eigenvalue weighted by molar-refractivity contribution is 0.410. The molecular formula is C15H26N2O. The molecule has 18 heavy (non-hydrogen) atoms. The molecule has 0 aliphatic rings. The van der Waals surface area contributed by atoms with E-state index in [0.29, 0.717) is 0 Å². The lowest BCUT2D eigenvalue weighted by Gasteiger charge is -2.21. The van der Waals surface area contributed by atoms with Gasteiger partial charge in [-0.25, -0.2) is 0 Å². The molecule has 0 fully saturated rings. The minimum absolute atomic E-state index is 0.177. The number of rotatable bonds is 5. The van der Waals surface area contributed by atoms with Gasteiger partial charge < -0.3 is 15.8 Å². The Bertz CT molecular complexity index is 419. The van der Waals surface area contributed by atoms with Crippen molar-refractivity contribution in [3.8, 4) is 5.75 Å². The van der Waals surface area contributed by atoms with Gasteiger partial charge >= 0.3 is 0 Å². The monoisotopic (exact) mass is 250 g/mol. The van der Waals surface area contributed by atoms with Crippen LogP contribution in [-0.2, 0) is 6.54 Å². The number of methoxy groups -OCH3 is 1. The highest BCUT2D eigenvalue weighted by Gasteiger charge is 2.13. The molecule has 1 aromatic carbocycles. The fraction of sp³-hybridized carbons (Fsp3) is 0.600. The van der Waals surface area contributed by atoms with Crippen molar-refractivity contribution in [2.24, 2.45) is 5.73 Å². The van der Waals surface area contributed by atoms with E-state index < -0.39 is 0 Å². The van der Waals surface area contributed by atoms with Crippen molar-refractivity contribution < 1.29 is 4.74 Å². The quantitative estimate of drug-likeness (QED) is 0.844. The lowest BCUT2D eigenvalue weighted by atomic mass is 9.97. The van der Waals surface area contributed by atoms with E-state index >= 15 is 0 Å². The molecule has 3 nitrogen and oxygen atoms in total. The molecule has 0 bridgehead atoms. The third-order valence-corrected chi connectivity index (χ3v) is 3.31. The fourth-order valence-electron chi connectivity index (χ4n) is 2.09. The SMILES string of the molecule is COc1cc(C)c(CNCC(C)(C)N)c(C)c1C. The minimum atomic E-state index is -0.177. The second kappa shape index (κ2) is 5.72. The molecular weight excluding hydrogens is 224 g/mol. The minimum Gasteiger partial charge on any atom is -0.496 e. The standard InChI is InChI=1S/C15H26N2O/c1-10-7-14(18-6)12(3)11(2)13(10)8-17-9-15(4,5)16/h7,17H,8-9,16H2,1-6H3. The zero-order valence-electron chi connectivity index (χ0n) is 12.5. The number of benzene rings is 1. The molecule has 102 valence electrons. The number of nitrogens with one attached hydrogen (secondary N) is 1. The Morgan fingerprint density at radius 3 is 2.33 bits per heavy atom. The number of hydrogen-bond donors (Lipinski definition) is 2. The highest BCUT2D eigenvalue weighted by Crippen LogP contribution is 2.27. The Kier molecular flexibility index (Phi) is 4.77. The van der Waals surface area contributed by atoms with E-state index in [0.717, 1.165) is 18.8 Å². The lowest BCUT2D eigenvalue weighted by Crippen LogP contribution is -2.42. The third kappa shape index (κ3) is 3.72. The smallest absolute Gasteiger partial charge is 0.122 e. The van der Waals surface area contributed by atoms with Crippen molar-refractivity contribution in [1.82, 2.24) is 5.32 Å². The van der Waals surface area contributed by atoms with Crippen LogP contribution >= 0.6 is 0 Å². The van der Waals surface area contributed by atoms with Gasteiger partial charge in [-0.3, -0.25) is 0 Å². The van der Waals surface area contributed by atoms with Crippen LogP contribution < -0.4 is 15.8 Å². The molecule has 0 aliphatic carbocycles.